The lowest BCUT2D eigenvalue weighted by Gasteiger charge is -2.12. The van der Waals surface area contributed by atoms with Crippen LogP contribution >= 0.6 is 11.8 Å². The maximum Gasteiger partial charge on any atom is 0.130 e. The Hall–Kier alpha value is -0.810. The maximum atomic E-state index is 4.22. The van der Waals surface area contributed by atoms with E-state index in [1.54, 1.807) is 18.1 Å². The molecule has 0 amide bonds. The summed E-state index contributed by atoms with van der Waals surface area (Å²) in [6, 6.07) is 2.00. The zero-order valence-corrected chi connectivity index (χ0v) is 10.6. The lowest BCUT2D eigenvalue weighted by molar-refractivity contribution is 0.399. The van der Waals surface area contributed by atoms with Crippen molar-refractivity contribution in [1.29, 1.82) is 0 Å². The van der Waals surface area contributed by atoms with E-state index in [1.165, 1.54) is 19.5 Å². The Morgan fingerprint density at radius 3 is 3.12 bits per heavy atom. The van der Waals surface area contributed by atoms with Crippen LogP contribution in [0.3, 0.4) is 0 Å². The molecule has 2 heterocycles. The Balaban J connectivity index is 1.84. The van der Waals surface area contributed by atoms with E-state index in [9.17, 15) is 0 Å². The van der Waals surface area contributed by atoms with Crippen LogP contribution in [0, 0.1) is 5.92 Å². The van der Waals surface area contributed by atoms with Gasteiger partial charge in [-0.2, -0.15) is 0 Å². The fraction of sp³-hybridized carbons (Fsp3) is 0.636. The summed E-state index contributed by atoms with van der Waals surface area (Å²) in [7, 11) is 2.18. The van der Waals surface area contributed by atoms with E-state index < -0.39 is 0 Å². The van der Waals surface area contributed by atoms with E-state index in [4.69, 9.17) is 0 Å². The number of rotatable bonds is 4. The summed E-state index contributed by atoms with van der Waals surface area (Å²) in [5, 5.41) is 4.41. The highest BCUT2D eigenvalue weighted by Gasteiger charge is 2.18. The van der Waals surface area contributed by atoms with Crippen molar-refractivity contribution in [2.75, 3.05) is 38.3 Å². The molecule has 0 saturated carbocycles. The Labute approximate surface area is 101 Å². The van der Waals surface area contributed by atoms with E-state index in [0.29, 0.717) is 0 Å². The van der Waals surface area contributed by atoms with E-state index in [1.807, 2.05) is 12.3 Å². The van der Waals surface area contributed by atoms with Crippen molar-refractivity contribution in [1.82, 2.24) is 14.9 Å². The second-order valence-corrected chi connectivity index (χ2v) is 5.07. The van der Waals surface area contributed by atoms with Gasteiger partial charge in [0.05, 0.1) is 0 Å². The minimum absolute atomic E-state index is 0.748. The largest absolute Gasteiger partial charge is 0.370 e. The normalized spacial score (nSPS) is 21.2. The molecule has 4 nitrogen and oxygen atoms in total. The number of nitrogens with zero attached hydrogens (tertiary/aromatic N) is 3. The van der Waals surface area contributed by atoms with Crippen LogP contribution in [0.15, 0.2) is 17.4 Å². The number of anilines is 1. The number of thioether (sulfide) groups is 1. The molecule has 1 aliphatic rings. The summed E-state index contributed by atoms with van der Waals surface area (Å²) >= 11 is 1.64. The first-order chi connectivity index (χ1) is 7.78. The number of nitrogens with one attached hydrogen (secondary N) is 1. The summed E-state index contributed by atoms with van der Waals surface area (Å²) in [5.74, 6) is 1.69. The third-order valence-corrected chi connectivity index (χ3v) is 3.55. The van der Waals surface area contributed by atoms with Crippen LogP contribution < -0.4 is 5.32 Å². The molecule has 1 atom stereocenters. The van der Waals surface area contributed by atoms with Gasteiger partial charge in [-0.05, 0) is 32.2 Å². The van der Waals surface area contributed by atoms with Gasteiger partial charge in [-0.3, -0.25) is 0 Å². The smallest absolute Gasteiger partial charge is 0.130 e. The Bertz CT molecular complexity index is 345. The zero-order valence-electron chi connectivity index (χ0n) is 9.81. The third kappa shape index (κ3) is 3.09. The Kier molecular flexibility index (Phi) is 4.01. The summed E-state index contributed by atoms with van der Waals surface area (Å²) in [6.07, 6.45) is 4.93. The number of hydrogen-bond acceptors (Lipinski definition) is 5. The van der Waals surface area contributed by atoms with Crippen LogP contribution in [-0.4, -0.2) is 47.8 Å². The molecule has 0 bridgehead atoms. The molecule has 1 N–H and O–H groups in total. The van der Waals surface area contributed by atoms with Crippen LogP contribution in [0.2, 0.25) is 0 Å². The first-order valence-corrected chi connectivity index (χ1v) is 6.79. The minimum Gasteiger partial charge on any atom is -0.370 e. The summed E-state index contributed by atoms with van der Waals surface area (Å²) < 4.78 is 0. The van der Waals surface area contributed by atoms with Crippen LogP contribution in [0.25, 0.3) is 0 Å². The van der Waals surface area contributed by atoms with E-state index in [2.05, 4.69) is 27.2 Å². The number of likely N-dealkylation sites (tertiary alicyclic amines) is 1. The molecule has 1 aromatic heterocycles. The molecule has 1 fully saturated rings. The van der Waals surface area contributed by atoms with Crippen molar-refractivity contribution in [3.63, 3.8) is 0 Å². The first kappa shape index (κ1) is 11.7. The summed E-state index contributed by atoms with van der Waals surface area (Å²) in [5.41, 5.74) is 0. The molecule has 16 heavy (non-hydrogen) atoms. The SMILES string of the molecule is CSc1cc(NCC2CCN(C)C2)ncn1. The molecule has 0 radical (unpaired) electrons. The minimum atomic E-state index is 0.748. The van der Waals surface area contributed by atoms with Crippen molar-refractivity contribution in [2.45, 2.75) is 11.4 Å². The lowest BCUT2D eigenvalue weighted by atomic mass is 10.1. The number of hydrogen-bond donors (Lipinski definition) is 1. The van der Waals surface area contributed by atoms with Crippen LogP contribution in [0.1, 0.15) is 6.42 Å². The topological polar surface area (TPSA) is 41.0 Å². The molecule has 1 unspecified atom stereocenters. The standard InChI is InChI=1S/C11H18N4S/c1-15-4-3-9(7-15)6-12-10-5-11(16-2)14-8-13-10/h5,8-9H,3-4,6-7H2,1-2H3,(H,12,13,14). The van der Waals surface area contributed by atoms with Gasteiger partial charge in [-0.1, -0.05) is 0 Å². The first-order valence-electron chi connectivity index (χ1n) is 5.56. The van der Waals surface area contributed by atoms with Crippen LogP contribution in [-0.2, 0) is 0 Å². The Morgan fingerprint density at radius 2 is 2.44 bits per heavy atom. The summed E-state index contributed by atoms with van der Waals surface area (Å²) in [6.45, 7) is 3.41. The van der Waals surface area contributed by atoms with Gasteiger partial charge in [0.15, 0.2) is 0 Å². The fourth-order valence-corrected chi connectivity index (χ4v) is 2.37. The molecule has 2 rings (SSSR count). The second-order valence-electron chi connectivity index (χ2n) is 4.24. The van der Waals surface area contributed by atoms with Gasteiger partial charge in [0.25, 0.3) is 0 Å². The van der Waals surface area contributed by atoms with Gasteiger partial charge >= 0.3 is 0 Å². The highest BCUT2D eigenvalue weighted by atomic mass is 32.2. The molecule has 0 aliphatic carbocycles. The predicted molar refractivity (Wildman–Crippen MR) is 67.9 cm³/mol. The average molecular weight is 238 g/mol. The molecule has 5 heteroatoms. The van der Waals surface area contributed by atoms with Crippen molar-refractivity contribution in [3.8, 4) is 0 Å². The van der Waals surface area contributed by atoms with E-state index in [0.717, 1.165) is 23.3 Å². The molecule has 1 aliphatic heterocycles. The molecule has 0 spiro atoms. The van der Waals surface area contributed by atoms with Crippen molar-refractivity contribution in [3.05, 3.63) is 12.4 Å². The lowest BCUT2D eigenvalue weighted by Crippen LogP contribution is -2.19. The van der Waals surface area contributed by atoms with Gasteiger partial charge in [0.2, 0.25) is 0 Å². The molecular weight excluding hydrogens is 220 g/mol. The summed E-state index contributed by atoms with van der Waals surface area (Å²) in [4.78, 5) is 10.7. The zero-order chi connectivity index (χ0) is 11.4. The van der Waals surface area contributed by atoms with Crippen LogP contribution in [0.5, 0.6) is 0 Å². The highest BCUT2D eigenvalue weighted by molar-refractivity contribution is 7.98. The van der Waals surface area contributed by atoms with E-state index >= 15 is 0 Å². The molecule has 1 aromatic rings. The predicted octanol–water partition coefficient (Wildman–Crippen LogP) is 1.56. The Morgan fingerprint density at radius 1 is 1.56 bits per heavy atom. The molecular formula is C11H18N4S. The van der Waals surface area contributed by atoms with Gasteiger partial charge in [0, 0.05) is 19.2 Å². The van der Waals surface area contributed by atoms with Gasteiger partial charge in [-0.15, -0.1) is 11.8 Å². The quantitative estimate of drug-likeness (QED) is 0.637. The van der Waals surface area contributed by atoms with E-state index in [-0.39, 0.29) is 0 Å². The van der Waals surface area contributed by atoms with Crippen LogP contribution in [0.4, 0.5) is 5.82 Å². The third-order valence-electron chi connectivity index (χ3n) is 2.91. The number of aromatic nitrogens is 2. The van der Waals surface area contributed by atoms with Crippen molar-refractivity contribution in [2.24, 2.45) is 5.92 Å². The monoisotopic (exact) mass is 238 g/mol. The van der Waals surface area contributed by atoms with Gasteiger partial charge in [-0.25, -0.2) is 9.97 Å². The highest BCUT2D eigenvalue weighted by Crippen LogP contribution is 2.17. The molecule has 0 aromatic carbocycles. The maximum absolute atomic E-state index is 4.22. The van der Waals surface area contributed by atoms with Gasteiger partial charge in [0.1, 0.15) is 17.2 Å². The van der Waals surface area contributed by atoms with Gasteiger partial charge < -0.3 is 10.2 Å². The van der Waals surface area contributed by atoms with Crippen molar-refractivity contribution < 1.29 is 0 Å². The second kappa shape index (κ2) is 5.50. The average Bonchev–Trinajstić information content (AvgIpc) is 2.73. The molecule has 88 valence electrons. The van der Waals surface area contributed by atoms with Crippen molar-refractivity contribution >= 4 is 17.6 Å². The molecule has 1 saturated heterocycles. The fourth-order valence-electron chi connectivity index (χ4n) is 1.99.